The molecule has 21 heavy (non-hydrogen) atoms. The van der Waals surface area contributed by atoms with Crippen LogP contribution in [-0.2, 0) is 18.9 Å². The fourth-order valence-electron chi connectivity index (χ4n) is 1.75. The molecule has 0 N–H and O–H groups in total. The molecule has 0 saturated heterocycles. The van der Waals surface area contributed by atoms with E-state index in [0.29, 0.717) is 6.42 Å². The van der Waals surface area contributed by atoms with Gasteiger partial charge in [0.15, 0.2) is 0 Å². The van der Waals surface area contributed by atoms with Gasteiger partial charge in [-0.15, -0.1) is 0 Å². The van der Waals surface area contributed by atoms with Gasteiger partial charge in [-0.25, -0.2) is 4.79 Å². The SMILES string of the molecule is CCCCCCCCCCCOC(=O)C(F)(F)SOO[O-]. The van der Waals surface area contributed by atoms with Gasteiger partial charge >= 0.3 is 11.2 Å². The molecule has 0 aromatic heterocycles. The highest BCUT2D eigenvalue weighted by Crippen LogP contribution is 2.31. The third-order valence-corrected chi connectivity index (χ3v) is 3.38. The van der Waals surface area contributed by atoms with Gasteiger partial charge in [-0.3, -0.25) is 5.04 Å². The third kappa shape index (κ3) is 11.9. The summed E-state index contributed by atoms with van der Waals surface area (Å²) in [6.07, 6.45) is 9.65. The van der Waals surface area contributed by atoms with Crippen LogP contribution in [0.2, 0.25) is 0 Å². The molecule has 0 amide bonds. The second-order valence-electron chi connectivity index (χ2n) is 4.70. The molecule has 0 radical (unpaired) electrons. The summed E-state index contributed by atoms with van der Waals surface area (Å²) in [5.74, 6) is -1.73. The van der Waals surface area contributed by atoms with E-state index < -0.39 is 23.3 Å². The van der Waals surface area contributed by atoms with Crippen LogP contribution in [0.3, 0.4) is 0 Å². The standard InChI is InChI=1S/C13H24F2O5S/c1-2-3-4-5-6-7-8-9-10-11-18-12(16)13(14,15)21-20-19-17/h17H,2-11H2,1H3/p-1. The lowest BCUT2D eigenvalue weighted by atomic mass is 10.1. The number of ether oxygens (including phenoxy) is 1. The zero-order valence-corrected chi connectivity index (χ0v) is 13.1. The zero-order chi connectivity index (χ0) is 16.0. The van der Waals surface area contributed by atoms with Crippen molar-refractivity contribution < 1.29 is 32.9 Å². The highest BCUT2D eigenvalue weighted by molar-refractivity contribution is 7.96. The molecule has 0 saturated carbocycles. The fraction of sp³-hybridized carbons (Fsp3) is 0.923. The topological polar surface area (TPSA) is 67.8 Å². The van der Waals surface area contributed by atoms with Crippen LogP contribution in [0.5, 0.6) is 0 Å². The number of rotatable bonds is 14. The molecule has 0 aliphatic heterocycles. The van der Waals surface area contributed by atoms with Crippen molar-refractivity contribution in [1.29, 1.82) is 0 Å². The summed E-state index contributed by atoms with van der Waals surface area (Å²) in [5.41, 5.74) is 0. The average molecular weight is 329 g/mol. The molecular weight excluding hydrogens is 306 g/mol. The van der Waals surface area contributed by atoms with E-state index >= 15 is 0 Å². The summed E-state index contributed by atoms with van der Waals surface area (Å²) >= 11 is -0.674. The quantitative estimate of drug-likeness (QED) is 0.160. The number of carbonyl (C=O) groups excluding carboxylic acids is 1. The molecule has 0 spiro atoms. The molecular formula is C13H23F2O5S-. The molecule has 0 bridgehead atoms. The van der Waals surface area contributed by atoms with Gasteiger partial charge in [0.2, 0.25) is 0 Å². The molecule has 8 heteroatoms. The predicted octanol–water partition coefficient (Wildman–Crippen LogP) is 3.52. The van der Waals surface area contributed by atoms with Crippen LogP contribution in [-0.4, -0.2) is 17.8 Å². The maximum Gasteiger partial charge on any atom is 0.415 e. The first-order valence-corrected chi connectivity index (χ1v) is 7.98. The Hall–Kier alpha value is -0.440. The van der Waals surface area contributed by atoms with E-state index in [1.807, 2.05) is 0 Å². The lowest BCUT2D eigenvalue weighted by molar-refractivity contribution is -0.777. The number of alkyl halides is 2. The summed E-state index contributed by atoms with van der Waals surface area (Å²) in [7, 11) is 0. The van der Waals surface area contributed by atoms with Crippen molar-refractivity contribution in [2.75, 3.05) is 6.61 Å². The Balaban J connectivity index is 3.43. The second kappa shape index (κ2) is 13.2. The lowest BCUT2D eigenvalue weighted by Crippen LogP contribution is -2.28. The second-order valence-corrected chi connectivity index (χ2v) is 5.52. The fourth-order valence-corrected chi connectivity index (χ4v) is 1.99. The highest BCUT2D eigenvalue weighted by atomic mass is 32.2. The summed E-state index contributed by atoms with van der Waals surface area (Å²) in [4.78, 5) is 11.0. The molecule has 5 nitrogen and oxygen atoms in total. The minimum absolute atomic E-state index is 0.0664. The van der Waals surface area contributed by atoms with Gasteiger partial charge in [0.25, 0.3) is 0 Å². The molecule has 0 heterocycles. The van der Waals surface area contributed by atoms with Crippen LogP contribution in [0.25, 0.3) is 0 Å². The average Bonchev–Trinajstić information content (AvgIpc) is 2.46. The number of halogens is 2. The van der Waals surface area contributed by atoms with Crippen molar-refractivity contribution in [2.24, 2.45) is 0 Å². The maximum absolute atomic E-state index is 12.9. The van der Waals surface area contributed by atoms with Gasteiger partial charge < -0.3 is 9.99 Å². The Bertz CT molecular complexity index is 267. The van der Waals surface area contributed by atoms with Crippen LogP contribution in [0, 0.1) is 0 Å². The summed E-state index contributed by atoms with van der Waals surface area (Å²) < 4.78 is 33.7. The van der Waals surface area contributed by atoms with Crippen molar-refractivity contribution in [2.45, 2.75) is 70.0 Å². The molecule has 0 aromatic rings. The summed E-state index contributed by atoms with van der Waals surface area (Å²) in [5, 5.41) is 8.23. The van der Waals surface area contributed by atoms with Gasteiger partial charge in [0, 0.05) is 0 Å². The van der Waals surface area contributed by atoms with Crippen molar-refractivity contribution in [3.8, 4) is 0 Å². The number of hydrogen-bond donors (Lipinski definition) is 0. The lowest BCUT2D eigenvalue weighted by Gasteiger charge is -2.13. The molecule has 0 atom stereocenters. The smallest absolute Gasteiger partial charge is 0.415 e. The Morgan fingerprint density at radius 2 is 1.57 bits per heavy atom. The van der Waals surface area contributed by atoms with E-state index in [4.69, 9.17) is 0 Å². The highest BCUT2D eigenvalue weighted by Gasteiger charge is 2.43. The van der Waals surface area contributed by atoms with E-state index in [1.54, 1.807) is 0 Å². The number of hydrogen-bond acceptors (Lipinski definition) is 6. The first-order valence-electron chi connectivity index (χ1n) is 7.24. The third-order valence-electron chi connectivity index (χ3n) is 2.89. The molecule has 0 aliphatic carbocycles. The molecule has 0 unspecified atom stereocenters. The van der Waals surface area contributed by atoms with Crippen LogP contribution in [0.1, 0.15) is 64.7 Å². The Morgan fingerprint density at radius 1 is 1.05 bits per heavy atom. The molecule has 0 aliphatic rings. The van der Waals surface area contributed by atoms with Crippen LogP contribution < -0.4 is 5.26 Å². The molecule has 0 rings (SSSR count). The normalized spacial score (nSPS) is 11.6. The number of unbranched alkanes of at least 4 members (excludes halogenated alkanes) is 8. The van der Waals surface area contributed by atoms with Crippen LogP contribution >= 0.6 is 12.0 Å². The van der Waals surface area contributed by atoms with Crippen LogP contribution in [0.4, 0.5) is 8.78 Å². The van der Waals surface area contributed by atoms with Gasteiger partial charge in [0.05, 0.1) is 6.61 Å². The number of esters is 1. The largest absolute Gasteiger partial charge is 0.691 e. The Labute approximate surface area is 128 Å². The Morgan fingerprint density at radius 3 is 2.10 bits per heavy atom. The van der Waals surface area contributed by atoms with Gasteiger partial charge in [-0.05, 0) is 6.42 Å². The summed E-state index contributed by atoms with van der Waals surface area (Å²) in [6.45, 7) is 2.10. The van der Waals surface area contributed by atoms with Crippen LogP contribution in [0.15, 0.2) is 0 Å². The van der Waals surface area contributed by atoms with Crippen molar-refractivity contribution >= 4 is 18.0 Å². The van der Waals surface area contributed by atoms with E-state index in [1.165, 1.54) is 32.1 Å². The molecule has 0 aromatic carbocycles. The zero-order valence-electron chi connectivity index (χ0n) is 12.3. The predicted molar refractivity (Wildman–Crippen MR) is 72.9 cm³/mol. The Kier molecular flexibility index (Phi) is 13.0. The van der Waals surface area contributed by atoms with Gasteiger partial charge in [-0.1, -0.05) is 58.3 Å². The van der Waals surface area contributed by atoms with E-state index in [-0.39, 0.29) is 6.61 Å². The van der Waals surface area contributed by atoms with Gasteiger partial charge in [0.1, 0.15) is 12.0 Å². The van der Waals surface area contributed by atoms with E-state index in [0.717, 1.165) is 19.3 Å². The maximum atomic E-state index is 12.9. The monoisotopic (exact) mass is 329 g/mol. The van der Waals surface area contributed by atoms with Crippen molar-refractivity contribution in [3.63, 3.8) is 0 Å². The van der Waals surface area contributed by atoms with E-state index in [2.05, 4.69) is 21.0 Å². The van der Waals surface area contributed by atoms with Crippen molar-refractivity contribution in [1.82, 2.24) is 0 Å². The van der Waals surface area contributed by atoms with E-state index in [9.17, 15) is 18.8 Å². The minimum Gasteiger partial charge on any atom is -0.691 e. The molecule has 0 fully saturated rings. The number of carbonyl (C=O) groups is 1. The van der Waals surface area contributed by atoms with Crippen molar-refractivity contribution in [3.05, 3.63) is 0 Å². The first-order chi connectivity index (χ1) is 10.0. The molecule has 126 valence electrons. The first kappa shape index (κ1) is 20.6. The van der Waals surface area contributed by atoms with Gasteiger partial charge in [-0.2, -0.15) is 13.1 Å². The minimum atomic E-state index is -3.94. The summed E-state index contributed by atoms with van der Waals surface area (Å²) in [6, 6.07) is 0.